The first kappa shape index (κ1) is 14.5. The van der Waals surface area contributed by atoms with E-state index < -0.39 is 0 Å². The molecule has 1 amide bonds. The number of benzene rings is 1. The minimum Gasteiger partial charge on any atom is -0.352 e. The highest BCUT2D eigenvalue weighted by Crippen LogP contribution is 2.18. The van der Waals surface area contributed by atoms with Gasteiger partial charge in [0.15, 0.2) is 0 Å². The van der Waals surface area contributed by atoms with Crippen LogP contribution in [0.25, 0.3) is 0 Å². The van der Waals surface area contributed by atoms with Crippen molar-refractivity contribution in [3.05, 3.63) is 34.1 Å². The van der Waals surface area contributed by atoms with Crippen LogP contribution in [-0.2, 0) is 11.3 Å². The molecule has 0 saturated heterocycles. The van der Waals surface area contributed by atoms with Crippen molar-refractivity contribution in [2.45, 2.75) is 38.3 Å². The Hall–Kier alpha value is -0.940. The molecule has 2 N–H and O–H groups in total. The molecule has 1 saturated carbocycles. The third-order valence-corrected chi connectivity index (χ3v) is 4.10. The van der Waals surface area contributed by atoms with Gasteiger partial charge in [-0.1, -0.05) is 28.8 Å². The second kappa shape index (κ2) is 7.01. The third kappa shape index (κ3) is 4.58. The van der Waals surface area contributed by atoms with Crippen LogP contribution in [0.3, 0.4) is 0 Å². The van der Waals surface area contributed by atoms with Crippen LogP contribution in [-0.4, -0.2) is 18.5 Å². The molecule has 1 fully saturated rings. The zero-order valence-corrected chi connectivity index (χ0v) is 12.3. The van der Waals surface area contributed by atoms with E-state index in [9.17, 15) is 9.18 Å². The lowest BCUT2D eigenvalue weighted by Crippen LogP contribution is -2.39. The molecule has 1 aromatic rings. The Morgan fingerprint density at radius 2 is 2.11 bits per heavy atom. The van der Waals surface area contributed by atoms with Crippen molar-refractivity contribution in [3.8, 4) is 0 Å². The van der Waals surface area contributed by atoms with Gasteiger partial charge in [-0.3, -0.25) is 4.79 Å². The number of hydrogen-bond acceptors (Lipinski definition) is 2. The molecule has 1 aromatic carbocycles. The highest BCUT2D eigenvalue weighted by atomic mass is 79.9. The maximum Gasteiger partial charge on any atom is 0.234 e. The number of halogens is 2. The number of hydrogen-bond donors (Lipinski definition) is 2. The predicted octanol–water partition coefficient (Wildman–Crippen LogP) is 2.74. The summed E-state index contributed by atoms with van der Waals surface area (Å²) in [6.45, 7) is 0.732. The monoisotopic (exact) mass is 328 g/mol. The van der Waals surface area contributed by atoms with Crippen LogP contribution >= 0.6 is 15.9 Å². The largest absolute Gasteiger partial charge is 0.352 e. The van der Waals surface area contributed by atoms with Crippen molar-refractivity contribution in [2.24, 2.45) is 0 Å². The molecule has 0 heterocycles. The maximum atomic E-state index is 13.1. The van der Waals surface area contributed by atoms with E-state index in [4.69, 9.17) is 0 Å². The first-order chi connectivity index (χ1) is 9.15. The van der Waals surface area contributed by atoms with Crippen molar-refractivity contribution in [3.63, 3.8) is 0 Å². The van der Waals surface area contributed by atoms with Gasteiger partial charge in [0.1, 0.15) is 5.82 Å². The number of carbonyl (C=O) groups excluding carboxylic acids is 1. The lowest BCUT2D eigenvalue weighted by atomic mass is 10.2. The molecule has 0 unspecified atom stereocenters. The Labute approximate surface area is 121 Å². The maximum absolute atomic E-state index is 13.1. The van der Waals surface area contributed by atoms with E-state index in [1.807, 2.05) is 0 Å². The van der Waals surface area contributed by atoms with E-state index in [0.29, 0.717) is 12.6 Å². The summed E-state index contributed by atoms with van der Waals surface area (Å²) in [5.74, 6) is -0.255. The van der Waals surface area contributed by atoms with Crippen LogP contribution in [0.15, 0.2) is 22.7 Å². The van der Waals surface area contributed by atoms with Gasteiger partial charge in [0.05, 0.1) is 6.54 Å². The average molecular weight is 329 g/mol. The molecule has 0 bridgehead atoms. The highest BCUT2D eigenvalue weighted by Gasteiger charge is 2.16. The Balaban J connectivity index is 1.73. The van der Waals surface area contributed by atoms with Crippen LogP contribution in [0.1, 0.15) is 31.2 Å². The molecule has 2 rings (SSSR count). The van der Waals surface area contributed by atoms with E-state index in [1.54, 1.807) is 6.07 Å². The first-order valence-electron chi connectivity index (χ1n) is 6.59. The minimum atomic E-state index is -0.268. The fraction of sp³-hybridized carbons (Fsp3) is 0.500. The highest BCUT2D eigenvalue weighted by molar-refractivity contribution is 9.10. The molecule has 0 aromatic heterocycles. The molecule has 0 atom stereocenters. The lowest BCUT2D eigenvalue weighted by molar-refractivity contribution is -0.120. The van der Waals surface area contributed by atoms with Gasteiger partial charge in [-0.05, 0) is 36.6 Å². The molecule has 3 nitrogen and oxygen atoms in total. The summed E-state index contributed by atoms with van der Waals surface area (Å²) in [5.41, 5.74) is 0.814. The summed E-state index contributed by atoms with van der Waals surface area (Å²) in [5, 5.41) is 6.04. The van der Waals surface area contributed by atoms with E-state index in [1.165, 1.54) is 25.0 Å². The van der Waals surface area contributed by atoms with Crippen molar-refractivity contribution in [1.29, 1.82) is 0 Å². The SMILES string of the molecule is O=C(CNCc1cc(F)ccc1Br)NC1CCCC1. The molecule has 0 radical (unpaired) electrons. The summed E-state index contributed by atoms with van der Waals surface area (Å²) in [7, 11) is 0. The van der Waals surface area contributed by atoms with Crippen LogP contribution in [0.5, 0.6) is 0 Å². The number of carbonyl (C=O) groups is 1. The smallest absolute Gasteiger partial charge is 0.234 e. The van der Waals surface area contributed by atoms with E-state index in [2.05, 4.69) is 26.6 Å². The molecule has 1 aliphatic rings. The quantitative estimate of drug-likeness (QED) is 0.872. The fourth-order valence-corrected chi connectivity index (χ4v) is 2.73. The van der Waals surface area contributed by atoms with Crippen LogP contribution in [0.2, 0.25) is 0 Å². The second-order valence-electron chi connectivity index (χ2n) is 4.89. The van der Waals surface area contributed by atoms with E-state index in [-0.39, 0.29) is 18.3 Å². The van der Waals surface area contributed by atoms with Crippen LogP contribution < -0.4 is 10.6 Å². The Morgan fingerprint density at radius 3 is 2.84 bits per heavy atom. The summed E-state index contributed by atoms with van der Waals surface area (Å²) in [4.78, 5) is 11.7. The summed E-state index contributed by atoms with van der Waals surface area (Å²) >= 11 is 3.36. The zero-order valence-electron chi connectivity index (χ0n) is 10.7. The average Bonchev–Trinajstić information content (AvgIpc) is 2.86. The molecule has 104 valence electrons. The third-order valence-electron chi connectivity index (χ3n) is 3.33. The number of nitrogens with one attached hydrogen (secondary N) is 2. The van der Waals surface area contributed by atoms with Gasteiger partial charge in [-0.25, -0.2) is 4.39 Å². The molecule has 0 spiro atoms. The van der Waals surface area contributed by atoms with Crippen molar-refractivity contribution in [1.82, 2.24) is 10.6 Å². The molecule has 1 aliphatic carbocycles. The Bertz CT molecular complexity index is 447. The number of amides is 1. The predicted molar refractivity (Wildman–Crippen MR) is 76.2 cm³/mol. The number of rotatable bonds is 5. The normalized spacial score (nSPS) is 15.7. The van der Waals surface area contributed by atoms with Crippen molar-refractivity contribution < 1.29 is 9.18 Å². The molecule has 0 aliphatic heterocycles. The molecular weight excluding hydrogens is 311 g/mol. The summed E-state index contributed by atoms with van der Waals surface area (Å²) in [6.07, 6.45) is 4.57. The van der Waals surface area contributed by atoms with E-state index in [0.717, 1.165) is 22.9 Å². The van der Waals surface area contributed by atoms with Gasteiger partial charge in [-0.15, -0.1) is 0 Å². The molecular formula is C14H18BrFN2O. The topological polar surface area (TPSA) is 41.1 Å². The Morgan fingerprint density at radius 1 is 1.37 bits per heavy atom. The van der Waals surface area contributed by atoms with Gasteiger partial charge in [0.25, 0.3) is 0 Å². The van der Waals surface area contributed by atoms with Gasteiger partial charge in [0.2, 0.25) is 5.91 Å². The minimum absolute atomic E-state index is 0.0134. The van der Waals surface area contributed by atoms with Crippen LogP contribution in [0.4, 0.5) is 4.39 Å². The first-order valence-corrected chi connectivity index (χ1v) is 7.38. The standard InChI is InChI=1S/C14H18BrFN2O/c15-13-6-5-11(16)7-10(13)8-17-9-14(19)18-12-3-1-2-4-12/h5-7,12,17H,1-4,8-9H2,(H,18,19). The van der Waals surface area contributed by atoms with Crippen molar-refractivity contribution >= 4 is 21.8 Å². The van der Waals surface area contributed by atoms with E-state index >= 15 is 0 Å². The molecule has 5 heteroatoms. The van der Waals surface area contributed by atoms with Gasteiger partial charge < -0.3 is 10.6 Å². The van der Waals surface area contributed by atoms with Gasteiger partial charge >= 0.3 is 0 Å². The summed E-state index contributed by atoms with van der Waals surface area (Å²) in [6, 6.07) is 4.88. The van der Waals surface area contributed by atoms with Gasteiger partial charge in [-0.2, -0.15) is 0 Å². The fourth-order valence-electron chi connectivity index (χ4n) is 2.34. The lowest BCUT2D eigenvalue weighted by Gasteiger charge is -2.12. The van der Waals surface area contributed by atoms with Gasteiger partial charge in [0, 0.05) is 17.1 Å². The van der Waals surface area contributed by atoms with Crippen LogP contribution in [0, 0.1) is 5.82 Å². The zero-order chi connectivity index (χ0) is 13.7. The molecule has 19 heavy (non-hydrogen) atoms. The van der Waals surface area contributed by atoms with Crippen molar-refractivity contribution in [2.75, 3.05) is 6.54 Å². The second-order valence-corrected chi connectivity index (χ2v) is 5.74. The Kier molecular flexibility index (Phi) is 5.34. The summed E-state index contributed by atoms with van der Waals surface area (Å²) < 4.78 is 13.9.